The van der Waals surface area contributed by atoms with Gasteiger partial charge in [0.25, 0.3) is 0 Å². The Labute approximate surface area is 115 Å². The second-order valence-electron chi connectivity index (χ2n) is 4.91. The Morgan fingerprint density at radius 2 is 1.94 bits per heavy atom. The van der Waals surface area contributed by atoms with Crippen LogP contribution in [-0.4, -0.2) is 62.2 Å². The van der Waals surface area contributed by atoms with Gasteiger partial charge < -0.3 is 10.2 Å². The molecule has 2 heterocycles. The number of piperazine rings is 1. The van der Waals surface area contributed by atoms with E-state index < -0.39 is 0 Å². The van der Waals surface area contributed by atoms with Crippen molar-refractivity contribution in [3.8, 4) is 0 Å². The summed E-state index contributed by atoms with van der Waals surface area (Å²) >= 11 is 1.79. The van der Waals surface area contributed by atoms with E-state index in [9.17, 15) is 0 Å². The van der Waals surface area contributed by atoms with Gasteiger partial charge in [-0.2, -0.15) is 11.3 Å². The van der Waals surface area contributed by atoms with Gasteiger partial charge in [0.05, 0.1) is 0 Å². The molecular formula is C14H25N3S. The zero-order valence-electron chi connectivity index (χ0n) is 11.4. The van der Waals surface area contributed by atoms with Crippen molar-refractivity contribution in [1.29, 1.82) is 0 Å². The van der Waals surface area contributed by atoms with Crippen molar-refractivity contribution in [3.63, 3.8) is 0 Å². The fraction of sp³-hybridized carbons (Fsp3) is 0.714. The van der Waals surface area contributed by atoms with Crippen molar-refractivity contribution < 1.29 is 0 Å². The molecule has 0 bridgehead atoms. The standard InChI is InChI=1S/C14H25N3S/c1-2-16-8-10-17(11-9-16)7-6-15-5-3-14-4-12-18-13-14/h4,12-13,15H,2-3,5-11H2,1H3. The monoisotopic (exact) mass is 267 g/mol. The molecular weight excluding hydrogens is 242 g/mol. The van der Waals surface area contributed by atoms with Crippen LogP contribution in [0, 0.1) is 0 Å². The van der Waals surface area contributed by atoms with E-state index in [4.69, 9.17) is 0 Å². The van der Waals surface area contributed by atoms with Gasteiger partial charge in [-0.3, -0.25) is 4.90 Å². The normalized spacial score (nSPS) is 18.3. The molecule has 1 aromatic heterocycles. The first-order chi connectivity index (χ1) is 8.88. The summed E-state index contributed by atoms with van der Waals surface area (Å²) < 4.78 is 0. The Hall–Kier alpha value is -0.420. The Morgan fingerprint density at radius 3 is 2.61 bits per heavy atom. The zero-order valence-corrected chi connectivity index (χ0v) is 12.2. The van der Waals surface area contributed by atoms with Gasteiger partial charge in [-0.05, 0) is 41.9 Å². The van der Waals surface area contributed by atoms with Crippen molar-refractivity contribution in [1.82, 2.24) is 15.1 Å². The van der Waals surface area contributed by atoms with E-state index in [0.717, 1.165) is 19.5 Å². The summed E-state index contributed by atoms with van der Waals surface area (Å²) in [6, 6.07) is 2.22. The quantitative estimate of drug-likeness (QED) is 0.756. The molecule has 3 nitrogen and oxygen atoms in total. The zero-order chi connectivity index (χ0) is 12.6. The van der Waals surface area contributed by atoms with Crippen LogP contribution in [0.15, 0.2) is 16.8 Å². The molecule has 0 aliphatic carbocycles. The lowest BCUT2D eigenvalue weighted by molar-refractivity contribution is 0.138. The number of nitrogens with zero attached hydrogens (tertiary/aromatic N) is 2. The second-order valence-corrected chi connectivity index (χ2v) is 5.69. The van der Waals surface area contributed by atoms with E-state index >= 15 is 0 Å². The first-order valence-electron chi connectivity index (χ1n) is 7.05. The van der Waals surface area contributed by atoms with E-state index in [2.05, 4.69) is 38.9 Å². The molecule has 1 aliphatic rings. The minimum absolute atomic E-state index is 1.10. The third-order valence-corrected chi connectivity index (χ3v) is 4.42. The van der Waals surface area contributed by atoms with Crippen molar-refractivity contribution in [2.45, 2.75) is 13.3 Å². The van der Waals surface area contributed by atoms with Crippen LogP contribution in [0.4, 0.5) is 0 Å². The number of hydrogen-bond acceptors (Lipinski definition) is 4. The van der Waals surface area contributed by atoms with Gasteiger partial charge >= 0.3 is 0 Å². The van der Waals surface area contributed by atoms with Crippen LogP contribution in [0.5, 0.6) is 0 Å². The molecule has 0 amide bonds. The van der Waals surface area contributed by atoms with Crippen LogP contribution in [0.2, 0.25) is 0 Å². The van der Waals surface area contributed by atoms with Crippen molar-refractivity contribution >= 4 is 11.3 Å². The summed E-state index contributed by atoms with van der Waals surface area (Å²) in [6.07, 6.45) is 1.16. The number of likely N-dealkylation sites (N-methyl/N-ethyl adjacent to an activating group) is 1. The van der Waals surface area contributed by atoms with Gasteiger partial charge in [-0.25, -0.2) is 0 Å². The summed E-state index contributed by atoms with van der Waals surface area (Å²) in [5, 5.41) is 7.94. The van der Waals surface area contributed by atoms with Crippen LogP contribution < -0.4 is 5.32 Å². The highest BCUT2D eigenvalue weighted by atomic mass is 32.1. The predicted molar refractivity (Wildman–Crippen MR) is 79.4 cm³/mol. The van der Waals surface area contributed by atoms with Crippen molar-refractivity contribution in [3.05, 3.63) is 22.4 Å². The largest absolute Gasteiger partial charge is 0.315 e. The smallest absolute Gasteiger partial charge is 0.0110 e. The van der Waals surface area contributed by atoms with E-state index in [1.54, 1.807) is 11.3 Å². The van der Waals surface area contributed by atoms with E-state index in [0.29, 0.717) is 0 Å². The maximum Gasteiger partial charge on any atom is 0.0110 e. The molecule has 0 radical (unpaired) electrons. The van der Waals surface area contributed by atoms with Crippen molar-refractivity contribution in [2.24, 2.45) is 0 Å². The van der Waals surface area contributed by atoms with Gasteiger partial charge in [-0.15, -0.1) is 0 Å². The Bertz CT molecular complexity index is 305. The number of thiophene rings is 1. The average Bonchev–Trinajstić information content (AvgIpc) is 2.92. The molecule has 1 N–H and O–H groups in total. The fourth-order valence-electron chi connectivity index (χ4n) is 2.36. The highest BCUT2D eigenvalue weighted by molar-refractivity contribution is 7.07. The molecule has 4 heteroatoms. The summed E-state index contributed by atoms with van der Waals surface area (Å²) in [7, 11) is 0. The first-order valence-corrected chi connectivity index (χ1v) is 7.99. The molecule has 102 valence electrons. The van der Waals surface area contributed by atoms with Crippen LogP contribution in [0.25, 0.3) is 0 Å². The molecule has 1 aromatic rings. The summed E-state index contributed by atoms with van der Waals surface area (Å²) in [5.41, 5.74) is 1.46. The van der Waals surface area contributed by atoms with E-state index in [-0.39, 0.29) is 0 Å². The maximum absolute atomic E-state index is 3.55. The number of hydrogen-bond donors (Lipinski definition) is 1. The number of nitrogens with one attached hydrogen (secondary N) is 1. The summed E-state index contributed by atoms with van der Waals surface area (Å²) in [4.78, 5) is 5.10. The highest BCUT2D eigenvalue weighted by Crippen LogP contribution is 2.05. The van der Waals surface area contributed by atoms with Gasteiger partial charge in [0.15, 0.2) is 0 Å². The Kier molecular flexibility index (Phi) is 6.14. The minimum atomic E-state index is 1.10. The molecule has 18 heavy (non-hydrogen) atoms. The third-order valence-electron chi connectivity index (χ3n) is 3.69. The maximum atomic E-state index is 3.55. The van der Waals surface area contributed by atoms with Crippen LogP contribution in [0.3, 0.4) is 0 Å². The predicted octanol–water partition coefficient (Wildman–Crippen LogP) is 1.52. The van der Waals surface area contributed by atoms with E-state index in [1.165, 1.54) is 44.8 Å². The summed E-state index contributed by atoms with van der Waals surface area (Å²) in [6.45, 7) is 11.8. The van der Waals surface area contributed by atoms with Crippen LogP contribution in [-0.2, 0) is 6.42 Å². The minimum Gasteiger partial charge on any atom is -0.315 e. The van der Waals surface area contributed by atoms with Gasteiger partial charge in [0.1, 0.15) is 0 Å². The molecule has 0 aromatic carbocycles. The van der Waals surface area contributed by atoms with E-state index in [1.807, 2.05) is 0 Å². The first kappa shape index (κ1) is 14.0. The molecule has 1 aliphatic heterocycles. The molecule has 1 fully saturated rings. The Morgan fingerprint density at radius 1 is 1.17 bits per heavy atom. The third kappa shape index (κ3) is 4.69. The molecule has 1 saturated heterocycles. The van der Waals surface area contributed by atoms with Gasteiger partial charge in [0, 0.05) is 39.3 Å². The lowest BCUT2D eigenvalue weighted by atomic mass is 10.2. The number of rotatable bonds is 7. The highest BCUT2D eigenvalue weighted by Gasteiger charge is 2.14. The van der Waals surface area contributed by atoms with Crippen LogP contribution in [0.1, 0.15) is 12.5 Å². The van der Waals surface area contributed by atoms with Crippen molar-refractivity contribution in [2.75, 3.05) is 52.4 Å². The second kappa shape index (κ2) is 7.89. The lowest BCUT2D eigenvalue weighted by Crippen LogP contribution is -2.47. The molecule has 0 saturated carbocycles. The summed E-state index contributed by atoms with van der Waals surface area (Å²) in [5.74, 6) is 0. The Balaban J connectivity index is 1.48. The molecule has 0 unspecified atom stereocenters. The SMILES string of the molecule is CCN1CCN(CCNCCc2ccsc2)CC1. The van der Waals surface area contributed by atoms with Gasteiger partial charge in [0.2, 0.25) is 0 Å². The topological polar surface area (TPSA) is 18.5 Å². The van der Waals surface area contributed by atoms with Gasteiger partial charge in [-0.1, -0.05) is 6.92 Å². The molecule has 0 spiro atoms. The molecule has 2 rings (SSSR count). The average molecular weight is 267 g/mol. The van der Waals surface area contributed by atoms with Crippen LogP contribution >= 0.6 is 11.3 Å². The molecule has 0 atom stereocenters. The fourth-order valence-corrected chi connectivity index (χ4v) is 3.06. The lowest BCUT2D eigenvalue weighted by Gasteiger charge is -2.34.